The number of benzene rings is 3. The van der Waals surface area contributed by atoms with E-state index in [4.69, 9.17) is 16.3 Å². The van der Waals surface area contributed by atoms with Gasteiger partial charge < -0.3 is 10.1 Å². The molecule has 0 aliphatic carbocycles. The van der Waals surface area contributed by atoms with Crippen LogP contribution in [0.5, 0.6) is 5.75 Å². The third-order valence-corrected chi connectivity index (χ3v) is 6.42. The van der Waals surface area contributed by atoms with Gasteiger partial charge in [-0.1, -0.05) is 65.8 Å². The molecule has 0 spiro atoms. The van der Waals surface area contributed by atoms with Crippen LogP contribution in [0.3, 0.4) is 0 Å². The third-order valence-electron chi connectivity index (χ3n) is 5.16. The quantitative estimate of drug-likeness (QED) is 0.292. The lowest BCUT2D eigenvalue weighted by Crippen LogP contribution is -2.28. The number of aromatic nitrogens is 3. The van der Waals surface area contributed by atoms with Crippen LogP contribution in [0.1, 0.15) is 25.5 Å². The first-order valence-corrected chi connectivity index (χ1v) is 12.3. The van der Waals surface area contributed by atoms with Crippen LogP contribution >= 0.6 is 23.4 Å². The Kier molecular flexibility index (Phi) is 7.87. The molecule has 3 aromatic carbocycles. The van der Waals surface area contributed by atoms with Gasteiger partial charge >= 0.3 is 0 Å². The number of thioether (sulfide) groups is 1. The van der Waals surface area contributed by atoms with Crippen molar-refractivity contribution in [3.63, 3.8) is 0 Å². The molecule has 6 nitrogen and oxygen atoms in total. The standard InChI is InChI=1S/C26H25ClN4O2S/c1-3-33-21-15-13-20(14-16-21)31-25(22-11-7-8-12-23(22)27)29-30-26(31)34-17-24(32)28-18(2)19-9-5-4-6-10-19/h4-16,18H,3,17H2,1-2H3,(H,28,32). The van der Waals surface area contributed by atoms with E-state index in [9.17, 15) is 4.79 Å². The topological polar surface area (TPSA) is 69.0 Å². The molecule has 1 aromatic heterocycles. The van der Waals surface area contributed by atoms with Gasteiger partial charge in [0.25, 0.3) is 0 Å². The maximum absolute atomic E-state index is 12.7. The second-order valence-electron chi connectivity index (χ2n) is 7.54. The Balaban J connectivity index is 1.58. The number of ether oxygens (including phenoxy) is 1. The van der Waals surface area contributed by atoms with E-state index >= 15 is 0 Å². The Morgan fingerprint density at radius 3 is 2.44 bits per heavy atom. The second-order valence-corrected chi connectivity index (χ2v) is 8.89. The third kappa shape index (κ3) is 5.61. The van der Waals surface area contributed by atoms with Crippen molar-refractivity contribution in [1.29, 1.82) is 0 Å². The molecule has 1 amide bonds. The molecule has 1 atom stereocenters. The summed E-state index contributed by atoms with van der Waals surface area (Å²) in [5.41, 5.74) is 2.67. The normalized spacial score (nSPS) is 11.7. The summed E-state index contributed by atoms with van der Waals surface area (Å²) in [5.74, 6) is 1.51. The zero-order chi connectivity index (χ0) is 23.9. The molecule has 0 fully saturated rings. The molecule has 0 saturated heterocycles. The molecule has 1 unspecified atom stereocenters. The van der Waals surface area contributed by atoms with Crippen LogP contribution in [0.4, 0.5) is 0 Å². The van der Waals surface area contributed by atoms with Crippen LogP contribution in [0, 0.1) is 0 Å². The molecule has 0 aliphatic rings. The molecule has 34 heavy (non-hydrogen) atoms. The van der Waals surface area contributed by atoms with E-state index in [1.54, 1.807) is 0 Å². The van der Waals surface area contributed by atoms with Gasteiger partial charge in [-0.25, -0.2) is 0 Å². The van der Waals surface area contributed by atoms with Crippen LogP contribution in [0.15, 0.2) is 84.0 Å². The van der Waals surface area contributed by atoms with Gasteiger partial charge in [-0.3, -0.25) is 9.36 Å². The first kappa shape index (κ1) is 23.9. The van der Waals surface area contributed by atoms with E-state index < -0.39 is 0 Å². The van der Waals surface area contributed by atoms with E-state index in [1.807, 2.05) is 97.3 Å². The number of carbonyl (C=O) groups is 1. The van der Waals surface area contributed by atoms with Crippen LogP contribution in [0.25, 0.3) is 17.1 Å². The van der Waals surface area contributed by atoms with Gasteiger partial charge in [0.1, 0.15) is 5.75 Å². The number of hydrogen-bond acceptors (Lipinski definition) is 5. The van der Waals surface area contributed by atoms with Crippen LogP contribution in [0.2, 0.25) is 5.02 Å². The summed E-state index contributed by atoms with van der Waals surface area (Å²) in [6, 6.07) is 25.0. The summed E-state index contributed by atoms with van der Waals surface area (Å²) in [6.45, 7) is 4.51. The Bertz CT molecular complexity index is 1250. The molecule has 4 aromatic rings. The largest absolute Gasteiger partial charge is 0.494 e. The SMILES string of the molecule is CCOc1ccc(-n2c(SCC(=O)NC(C)c3ccccc3)nnc2-c2ccccc2Cl)cc1. The first-order valence-electron chi connectivity index (χ1n) is 11.0. The zero-order valence-electron chi connectivity index (χ0n) is 18.9. The van der Waals surface area contributed by atoms with Crippen molar-refractivity contribution in [3.8, 4) is 22.8 Å². The fourth-order valence-corrected chi connectivity index (χ4v) is 4.49. The minimum atomic E-state index is -0.0861. The van der Waals surface area contributed by atoms with Crippen LogP contribution in [-0.4, -0.2) is 33.0 Å². The van der Waals surface area contributed by atoms with Gasteiger partial charge in [0.15, 0.2) is 11.0 Å². The summed E-state index contributed by atoms with van der Waals surface area (Å²) < 4.78 is 7.49. The van der Waals surface area contributed by atoms with Crippen molar-refractivity contribution >= 4 is 29.3 Å². The Labute approximate surface area is 208 Å². The number of halogens is 1. The number of carbonyl (C=O) groups excluding carboxylic acids is 1. The van der Waals surface area contributed by atoms with Gasteiger partial charge in [-0.2, -0.15) is 0 Å². The number of amides is 1. The van der Waals surface area contributed by atoms with Gasteiger partial charge in [0.05, 0.1) is 23.4 Å². The minimum absolute atomic E-state index is 0.0816. The smallest absolute Gasteiger partial charge is 0.230 e. The summed E-state index contributed by atoms with van der Waals surface area (Å²) in [5, 5.41) is 13.0. The van der Waals surface area contributed by atoms with Crippen LogP contribution in [-0.2, 0) is 4.79 Å². The summed E-state index contributed by atoms with van der Waals surface area (Å²) in [6.07, 6.45) is 0. The average Bonchev–Trinajstić information content (AvgIpc) is 3.28. The summed E-state index contributed by atoms with van der Waals surface area (Å²) in [7, 11) is 0. The van der Waals surface area contributed by atoms with Crippen LogP contribution < -0.4 is 10.1 Å². The zero-order valence-corrected chi connectivity index (χ0v) is 20.5. The van der Waals surface area contributed by atoms with E-state index in [2.05, 4.69) is 15.5 Å². The molecule has 0 aliphatic heterocycles. The predicted molar refractivity (Wildman–Crippen MR) is 137 cm³/mol. The number of hydrogen-bond donors (Lipinski definition) is 1. The number of rotatable bonds is 9. The first-order chi connectivity index (χ1) is 16.6. The van der Waals surface area contributed by atoms with Crippen molar-refractivity contribution in [2.24, 2.45) is 0 Å². The lowest BCUT2D eigenvalue weighted by Gasteiger charge is -2.15. The van der Waals surface area contributed by atoms with E-state index in [0.29, 0.717) is 22.6 Å². The molecule has 0 radical (unpaired) electrons. The van der Waals surface area contributed by atoms with E-state index in [1.165, 1.54) is 11.8 Å². The van der Waals surface area contributed by atoms with E-state index in [0.717, 1.165) is 22.6 Å². The molecule has 4 rings (SSSR count). The summed E-state index contributed by atoms with van der Waals surface area (Å²) >= 11 is 7.79. The van der Waals surface area contributed by atoms with Crippen molar-refractivity contribution in [3.05, 3.63) is 89.4 Å². The van der Waals surface area contributed by atoms with Crippen molar-refractivity contribution in [2.45, 2.75) is 25.0 Å². The fourth-order valence-electron chi connectivity index (χ4n) is 3.51. The highest BCUT2D eigenvalue weighted by Crippen LogP contribution is 2.32. The molecule has 0 bridgehead atoms. The Morgan fingerprint density at radius 1 is 1.03 bits per heavy atom. The van der Waals surface area contributed by atoms with E-state index in [-0.39, 0.29) is 17.7 Å². The number of nitrogens with one attached hydrogen (secondary N) is 1. The molecule has 174 valence electrons. The Morgan fingerprint density at radius 2 is 1.74 bits per heavy atom. The van der Waals surface area contributed by atoms with Crippen molar-refractivity contribution in [2.75, 3.05) is 12.4 Å². The minimum Gasteiger partial charge on any atom is -0.494 e. The monoisotopic (exact) mass is 492 g/mol. The highest BCUT2D eigenvalue weighted by atomic mass is 35.5. The molecule has 0 saturated carbocycles. The van der Waals surface area contributed by atoms with Gasteiger partial charge in [0, 0.05) is 11.3 Å². The lowest BCUT2D eigenvalue weighted by molar-refractivity contribution is -0.119. The maximum atomic E-state index is 12.7. The highest BCUT2D eigenvalue weighted by molar-refractivity contribution is 7.99. The molecule has 8 heteroatoms. The Hall–Kier alpha value is -3.29. The molecule has 1 heterocycles. The molecular weight excluding hydrogens is 468 g/mol. The van der Waals surface area contributed by atoms with Gasteiger partial charge in [0.2, 0.25) is 5.91 Å². The van der Waals surface area contributed by atoms with Gasteiger partial charge in [-0.05, 0) is 55.8 Å². The molecule has 1 N–H and O–H groups in total. The second kappa shape index (κ2) is 11.2. The maximum Gasteiger partial charge on any atom is 0.230 e. The van der Waals surface area contributed by atoms with Gasteiger partial charge in [-0.15, -0.1) is 10.2 Å². The lowest BCUT2D eigenvalue weighted by atomic mass is 10.1. The highest BCUT2D eigenvalue weighted by Gasteiger charge is 2.19. The summed E-state index contributed by atoms with van der Waals surface area (Å²) in [4.78, 5) is 12.7. The fraction of sp³-hybridized carbons (Fsp3) is 0.192. The predicted octanol–water partition coefficient (Wildman–Crippen LogP) is 5.96. The average molecular weight is 493 g/mol. The van der Waals surface area contributed by atoms with Crippen molar-refractivity contribution < 1.29 is 9.53 Å². The molecular formula is C26H25ClN4O2S. The number of nitrogens with zero attached hydrogens (tertiary/aromatic N) is 3. The van der Waals surface area contributed by atoms with Crippen molar-refractivity contribution in [1.82, 2.24) is 20.1 Å².